The van der Waals surface area contributed by atoms with Gasteiger partial charge < -0.3 is 14.0 Å². The molecule has 9 nitrogen and oxygen atoms in total. The third-order valence-electron chi connectivity index (χ3n) is 6.15. The zero-order valence-electron chi connectivity index (χ0n) is 21.2. The van der Waals surface area contributed by atoms with Gasteiger partial charge in [-0.25, -0.2) is 14.5 Å². The van der Waals surface area contributed by atoms with E-state index in [0.29, 0.717) is 23.5 Å². The number of aryl methyl sites for hydroxylation is 2. The van der Waals surface area contributed by atoms with E-state index in [-0.39, 0.29) is 11.3 Å². The van der Waals surface area contributed by atoms with E-state index < -0.39 is 23.8 Å². The standard InChI is InChI=1S/C28H27N3O6/c1-6-37-24-10-8-7-9-22(24)31-26(33)21(25(32)29-28(31)35)14-20-13-17(3)30(18(20)4)23-15-19(27(34)36-5)12-11-16(23)2/h7-15H,6H2,1-5H3,(H,29,32,35)/b21-14+. The second-order valence-electron chi connectivity index (χ2n) is 8.51. The molecule has 1 aromatic heterocycles. The Bertz CT molecular complexity index is 1470. The molecule has 0 aliphatic carbocycles. The van der Waals surface area contributed by atoms with Crippen molar-refractivity contribution in [2.45, 2.75) is 27.7 Å². The number of rotatable bonds is 6. The normalized spacial score (nSPS) is 14.7. The second-order valence-corrected chi connectivity index (χ2v) is 8.51. The summed E-state index contributed by atoms with van der Waals surface area (Å²) in [6.07, 6.45) is 1.47. The highest BCUT2D eigenvalue weighted by molar-refractivity contribution is 6.39. The average molecular weight is 502 g/mol. The summed E-state index contributed by atoms with van der Waals surface area (Å²) >= 11 is 0. The van der Waals surface area contributed by atoms with Crippen LogP contribution in [0.25, 0.3) is 11.8 Å². The van der Waals surface area contributed by atoms with Crippen molar-refractivity contribution in [3.05, 3.63) is 82.2 Å². The molecule has 0 unspecified atom stereocenters. The van der Waals surface area contributed by atoms with Crippen molar-refractivity contribution in [3.63, 3.8) is 0 Å². The molecule has 9 heteroatoms. The van der Waals surface area contributed by atoms with Crippen LogP contribution < -0.4 is 15.0 Å². The molecule has 1 fully saturated rings. The molecule has 4 rings (SSSR count). The number of methoxy groups -OCH3 is 1. The molecule has 1 aliphatic rings. The minimum Gasteiger partial charge on any atom is -0.492 e. The van der Waals surface area contributed by atoms with Crippen LogP contribution in [0, 0.1) is 20.8 Å². The first-order chi connectivity index (χ1) is 17.7. The summed E-state index contributed by atoms with van der Waals surface area (Å²) in [5, 5.41) is 2.25. The van der Waals surface area contributed by atoms with Gasteiger partial charge in [0.1, 0.15) is 11.3 Å². The fourth-order valence-corrected chi connectivity index (χ4v) is 4.35. The lowest BCUT2D eigenvalue weighted by Crippen LogP contribution is -2.54. The number of urea groups is 1. The Kier molecular flexibility index (Phi) is 6.97. The molecular formula is C28H27N3O6. The molecule has 0 saturated carbocycles. The topological polar surface area (TPSA) is 107 Å². The van der Waals surface area contributed by atoms with Gasteiger partial charge in [0.15, 0.2) is 0 Å². The van der Waals surface area contributed by atoms with Gasteiger partial charge in [-0.1, -0.05) is 18.2 Å². The number of nitrogens with one attached hydrogen (secondary N) is 1. The summed E-state index contributed by atoms with van der Waals surface area (Å²) in [5.41, 5.74) is 4.33. The highest BCUT2D eigenvalue weighted by atomic mass is 16.5. The zero-order chi connectivity index (χ0) is 26.9. The number of anilines is 1. The lowest BCUT2D eigenvalue weighted by Gasteiger charge is -2.27. The van der Waals surface area contributed by atoms with E-state index >= 15 is 0 Å². The van der Waals surface area contributed by atoms with Crippen LogP contribution in [-0.4, -0.2) is 42.1 Å². The predicted octanol–water partition coefficient (Wildman–Crippen LogP) is 4.25. The van der Waals surface area contributed by atoms with E-state index in [0.717, 1.165) is 27.5 Å². The van der Waals surface area contributed by atoms with Crippen LogP contribution in [0.1, 0.15) is 39.8 Å². The number of amides is 4. The SMILES string of the molecule is CCOc1ccccc1N1C(=O)NC(=O)/C(=C\c2cc(C)n(-c3cc(C(=O)OC)ccc3C)c2C)C1=O. The molecule has 1 aliphatic heterocycles. The van der Waals surface area contributed by atoms with E-state index in [1.165, 1.54) is 13.2 Å². The number of ether oxygens (including phenoxy) is 2. The van der Waals surface area contributed by atoms with Crippen LogP contribution in [0.3, 0.4) is 0 Å². The third-order valence-corrected chi connectivity index (χ3v) is 6.15. The van der Waals surface area contributed by atoms with Gasteiger partial charge in [-0.2, -0.15) is 0 Å². The Balaban J connectivity index is 1.79. The number of benzene rings is 2. The van der Waals surface area contributed by atoms with Gasteiger partial charge in [0.2, 0.25) is 0 Å². The van der Waals surface area contributed by atoms with Crippen molar-refractivity contribution in [2.75, 3.05) is 18.6 Å². The minimum atomic E-state index is -0.847. The van der Waals surface area contributed by atoms with Gasteiger partial charge in [-0.3, -0.25) is 14.9 Å². The largest absolute Gasteiger partial charge is 0.492 e. The van der Waals surface area contributed by atoms with Gasteiger partial charge >= 0.3 is 12.0 Å². The van der Waals surface area contributed by atoms with Crippen LogP contribution in [0.15, 0.2) is 54.1 Å². The van der Waals surface area contributed by atoms with E-state index in [1.54, 1.807) is 43.3 Å². The molecule has 0 bridgehead atoms. The highest BCUT2D eigenvalue weighted by Crippen LogP contribution is 2.32. The summed E-state index contributed by atoms with van der Waals surface area (Å²) in [6, 6.07) is 12.9. The number of hydrogen-bond donors (Lipinski definition) is 1. The Labute approximate surface area is 214 Å². The Morgan fingerprint density at radius 3 is 2.43 bits per heavy atom. The molecule has 190 valence electrons. The zero-order valence-corrected chi connectivity index (χ0v) is 21.2. The Hall–Kier alpha value is -4.66. The first-order valence-electron chi connectivity index (χ1n) is 11.7. The number of nitrogens with zero attached hydrogens (tertiary/aromatic N) is 2. The molecule has 0 spiro atoms. The number of barbiturate groups is 1. The van der Waals surface area contributed by atoms with Crippen LogP contribution in [0.2, 0.25) is 0 Å². The molecule has 0 radical (unpaired) electrons. The first-order valence-corrected chi connectivity index (χ1v) is 11.7. The van der Waals surface area contributed by atoms with Crippen molar-refractivity contribution < 1.29 is 28.7 Å². The van der Waals surface area contributed by atoms with E-state index in [4.69, 9.17) is 9.47 Å². The number of carbonyl (C=O) groups excluding carboxylic acids is 4. The van der Waals surface area contributed by atoms with E-state index in [2.05, 4.69) is 5.32 Å². The van der Waals surface area contributed by atoms with E-state index in [1.807, 2.05) is 37.5 Å². The molecule has 2 heterocycles. The smallest absolute Gasteiger partial charge is 0.337 e. The summed E-state index contributed by atoms with van der Waals surface area (Å²) in [4.78, 5) is 51.9. The van der Waals surface area contributed by atoms with Crippen LogP contribution in [0.4, 0.5) is 10.5 Å². The van der Waals surface area contributed by atoms with Gasteiger partial charge in [-0.05, 0) is 75.2 Å². The maximum absolute atomic E-state index is 13.4. The molecule has 1 saturated heterocycles. The summed E-state index contributed by atoms with van der Waals surface area (Å²) < 4.78 is 12.4. The fourth-order valence-electron chi connectivity index (χ4n) is 4.35. The highest BCUT2D eigenvalue weighted by Gasteiger charge is 2.38. The number of carbonyl (C=O) groups is 4. The van der Waals surface area contributed by atoms with Crippen molar-refractivity contribution in [1.29, 1.82) is 0 Å². The lowest BCUT2D eigenvalue weighted by atomic mass is 10.1. The van der Waals surface area contributed by atoms with Crippen LogP contribution in [-0.2, 0) is 14.3 Å². The number of hydrogen-bond acceptors (Lipinski definition) is 6. The Morgan fingerprint density at radius 1 is 1.00 bits per heavy atom. The van der Waals surface area contributed by atoms with Gasteiger partial charge in [-0.15, -0.1) is 0 Å². The number of esters is 1. The van der Waals surface area contributed by atoms with Crippen LogP contribution >= 0.6 is 0 Å². The van der Waals surface area contributed by atoms with Gasteiger partial charge in [0, 0.05) is 17.1 Å². The van der Waals surface area contributed by atoms with Crippen molar-refractivity contribution in [3.8, 4) is 11.4 Å². The average Bonchev–Trinajstić information content (AvgIpc) is 3.15. The maximum atomic E-state index is 13.4. The number of aromatic nitrogens is 1. The molecular weight excluding hydrogens is 474 g/mol. The monoisotopic (exact) mass is 501 g/mol. The third kappa shape index (κ3) is 4.63. The van der Waals surface area contributed by atoms with Crippen LogP contribution in [0.5, 0.6) is 5.75 Å². The first kappa shape index (κ1) is 25.4. The summed E-state index contributed by atoms with van der Waals surface area (Å²) in [5.74, 6) is -1.64. The Morgan fingerprint density at radius 2 is 1.73 bits per heavy atom. The molecule has 1 N–H and O–H groups in total. The number of imide groups is 2. The van der Waals surface area contributed by atoms with Gasteiger partial charge in [0.05, 0.1) is 25.0 Å². The van der Waals surface area contributed by atoms with Crippen molar-refractivity contribution in [1.82, 2.24) is 9.88 Å². The van der Waals surface area contributed by atoms with Crippen molar-refractivity contribution in [2.24, 2.45) is 0 Å². The van der Waals surface area contributed by atoms with Gasteiger partial charge in [0.25, 0.3) is 11.8 Å². The molecule has 3 aromatic rings. The lowest BCUT2D eigenvalue weighted by molar-refractivity contribution is -0.122. The van der Waals surface area contributed by atoms with Crippen molar-refractivity contribution >= 4 is 35.6 Å². The maximum Gasteiger partial charge on any atom is 0.337 e. The molecule has 2 aromatic carbocycles. The molecule has 37 heavy (non-hydrogen) atoms. The fraction of sp³-hybridized carbons (Fsp3) is 0.214. The molecule has 0 atom stereocenters. The minimum absolute atomic E-state index is 0.189. The quantitative estimate of drug-likeness (QED) is 0.307. The predicted molar refractivity (Wildman–Crippen MR) is 138 cm³/mol. The number of para-hydroxylation sites is 2. The summed E-state index contributed by atoms with van der Waals surface area (Å²) in [6.45, 7) is 7.79. The summed E-state index contributed by atoms with van der Waals surface area (Å²) in [7, 11) is 1.32. The van der Waals surface area contributed by atoms with E-state index in [9.17, 15) is 19.2 Å². The second kappa shape index (κ2) is 10.1. The molecule has 4 amide bonds.